The molecule has 1 rings (SSSR count). The van der Waals surface area contributed by atoms with Crippen molar-refractivity contribution in [2.24, 2.45) is 5.73 Å². The summed E-state index contributed by atoms with van der Waals surface area (Å²) in [6, 6.07) is 5.43. The predicted octanol–water partition coefficient (Wildman–Crippen LogP) is 1.24. The Bertz CT molecular complexity index is 569. The second-order valence-electron chi connectivity index (χ2n) is 5.21. The lowest BCUT2D eigenvalue weighted by molar-refractivity contribution is -0.138. The molecule has 4 N–H and O–H groups in total. The largest absolute Gasteiger partial charge is 0.480 e. The van der Waals surface area contributed by atoms with Crippen molar-refractivity contribution in [3.05, 3.63) is 29.8 Å². The summed E-state index contributed by atoms with van der Waals surface area (Å²) in [4.78, 5) is 10.8. The molecule has 0 saturated heterocycles. The molecule has 0 saturated carbocycles. The van der Waals surface area contributed by atoms with Gasteiger partial charge in [-0.2, -0.15) is 0 Å². The number of hydrogen-bond donors (Lipinski definition) is 3. The van der Waals surface area contributed by atoms with Crippen molar-refractivity contribution >= 4 is 16.0 Å². The van der Waals surface area contributed by atoms with E-state index in [1.54, 1.807) is 31.2 Å². The lowest BCUT2D eigenvalue weighted by atomic mass is 10.1. The van der Waals surface area contributed by atoms with Crippen molar-refractivity contribution in [2.45, 2.75) is 50.1 Å². The van der Waals surface area contributed by atoms with Gasteiger partial charge in [0.2, 0.25) is 10.0 Å². The van der Waals surface area contributed by atoms with E-state index in [2.05, 4.69) is 4.72 Å². The van der Waals surface area contributed by atoms with Gasteiger partial charge in [0.05, 0.1) is 4.90 Å². The number of aliphatic carboxylic acids is 1. The standard InChI is InChI=1S/C14H22N2O4S/c1-10-6-8-12(9-7-10)21(19,20)16-11(2)4-3-5-13(15)14(17)18/h6-9,11,13,16H,3-5,15H2,1-2H3,(H,17,18)/t11-,13+/m1/s1. The van der Waals surface area contributed by atoms with Gasteiger partial charge in [-0.25, -0.2) is 13.1 Å². The van der Waals surface area contributed by atoms with Crippen LogP contribution < -0.4 is 10.5 Å². The third-order valence-corrected chi connectivity index (χ3v) is 4.76. The molecule has 0 amide bonds. The Morgan fingerprint density at radius 3 is 2.38 bits per heavy atom. The van der Waals surface area contributed by atoms with E-state index in [0.717, 1.165) is 5.56 Å². The van der Waals surface area contributed by atoms with E-state index in [9.17, 15) is 13.2 Å². The highest BCUT2D eigenvalue weighted by atomic mass is 32.2. The normalized spacial score (nSPS) is 14.6. The van der Waals surface area contributed by atoms with E-state index in [0.29, 0.717) is 19.3 Å². The molecule has 0 spiro atoms. The smallest absolute Gasteiger partial charge is 0.320 e. The molecule has 0 aromatic heterocycles. The number of rotatable bonds is 8. The van der Waals surface area contributed by atoms with E-state index in [1.807, 2.05) is 6.92 Å². The number of carboxylic acid groups (broad SMARTS) is 1. The fourth-order valence-corrected chi connectivity index (χ4v) is 3.15. The first-order chi connectivity index (χ1) is 9.72. The van der Waals surface area contributed by atoms with E-state index in [4.69, 9.17) is 10.8 Å². The second kappa shape index (κ2) is 7.53. The van der Waals surface area contributed by atoms with Gasteiger partial charge < -0.3 is 10.8 Å². The van der Waals surface area contributed by atoms with Crippen LogP contribution in [0.4, 0.5) is 0 Å². The SMILES string of the molecule is Cc1ccc(S(=O)(=O)N[C@H](C)CCC[C@H](N)C(=O)O)cc1. The quantitative estimate of drug-likeness (QED) is 0.669. The van der Waals surface area contributed by atoms with Gasteiger partial charge in [-0.3, -0.25) is 4.79 Å². The highest BCUT2D eigenvalue weighted by Gasteiger charge is 2.18. The summed E-state index contributed by atoms with van der Waals surface area (Å²) in [5, 5.41) is 8.67. The molecule has 0 unspecified atom stereocenters. The zero-order chi connectivity index (χ0) is 16.0. The van der Waals surface area contributed by atoms with Crippen molar-refractivity contribution in [1.29, 1.82) is 0 Å². The molecule has 21 heavy (non-hydrogen) atoms. The highest BCUT2D eigenvalue weighted by molar-refractivity contribution is 7.89. The summed E-state index contributed by atoms with van der Waals surface area (Å²) in [6.45, 7) is 3.64. The summed E-state index contributed by atoms with van der Waals surface area (Å²) < 4.78 is 26.8. The Labute approximate surface area is 125 Å². The maximum Gasteiger partial charge on any atom is 0.320 e. The number of hydrogen-bond acceptors (Lipinski definition) is 4. The first kappa shape index (κ1) is 17.6. The van der Waals surface area contributed by atoms with Crippen LogP contribution in [0.2, 0.25) is 0 Å². The van der Waals surface area contributed by atoms with Gasteiger partial charge in [0.25, 0.3) is 0 Å². The Morgan fingerprint density at radius 1 is 1.29 bits per heavy atom. The van der Waals surface area contributed by atoms with Gasteiger partial charge in [0.15, 0.2) is 0 Å². The van der Waals surface area contributed by atoms with E-state index < -0.39 is 22.0 Å². The molecule has 6 nitrogen and oxygen atoms in total. The predicted molar refractivity (Wildman–Crippen MR) is 80.4 cm³/mol. The Hall–Kier alpha value is -1.44. The van der Waals surface area contributed by atoms with Gasteiger partial charge in [0.1, 0.15) is 6.04 Å². The number of sulfonamides is 1. The molecular formula is C14H22N2O4S. The number of nitrogens with one attached hydrogen (secondary N) is 1. The average Bonchev–Trinajstić information content (AvgIpc) is 2.38. The number of benzene rings is 1. The average molecular weight is 314 g/mol. The van der Waals surface area contributed by atoms with Crippen molar-refractivity contribution in [1.82, 2.24) is 4.72 Å². The minimum Gasteiger partial charge on any atom is -0.480 e. The Morgan fingerprint density at radius 2 is 1.86 bits per heavy atom. The molecule has 2 atom stereocenters. The molecule has 0 aliphatic heterocycles. The minimum atomic E-state index is -3.54. The van der Waals surface area contributed by atoms with E-state index in [-0.39, 0.29) is 10.9 Å². The summed E-state index contributed by atoms with van der Waals surface area (Å²) in [5.74, 6) is -1.04. The molecule has 118 valence electrons. The third-order valence-electron chi connectivity index (χ3n) is 3.16. The monoisotopic (exact) mass is 314 g/mol. The maximum atomic E-state index is 12.1. The minimum absolute atomic E-state index is 0.224. The molecular weight excluding hydrogens is 292 g/mol. The molecule has 0 radical (unpaired) electrons. The molecule has 1 aromatic rings. The second-order valence-corrected chi connectivity index (χ2v) is 6.93. The van der Waals surface area contributed by atoms with Crippen LogP contribution in [0.5, 0.6) is 0 Å². The fourth-order valence-electron chi connectivity index (χ4n) is 1.88. The fraction of sp³-hybridized carbons (Fsp3) is 0.500. The van der Waals surface area contributed by atoms with Crippen LogP contribution in [0.3, 0.4) is 0 Å². The van der Waals surface area contributed by atoms with Crippen LogP contribution in [0.1, 0.15) is 31.7 Å². The van der Waals surface area contributed by atoms with Crippen LogP contribution in [0, 0.1) is 6.92 Å². The number of carboxylic acids is 1. The molecule has 1 aromatic carbocycles. The van der Waals surface area contributed by atoms with Crippen molar-refractivity contribution < 1.29 is 18.3 Å². The van der Waals surface area contributed by atoms with Gasteiger partial charge in [-0.1, -0.05) is 17.7 Å². The zero-order valence-corrected chi connectivity index (χ0v) is 13.1. The van der Waals surface area contributed by atoms with Gasteiger partial charge >= 0.3 is 5.97 Å². The summed E-state index contributed by atoms with van der Waals surface area (Å²) in [7, 11) is -3.54. The molecule has 0 fully saturated rings. The van der Waals surface area contributed by atoms with Crippen molar-refractivity contribution in [3.8, 4) is 0 Å². The summed E-state index contributed by atoms with van der Waals surface area (Å²) >= 11 is 0. The van der Waals surface area contributed by atoms with Gasteiger partial charge in [-0.05, 0) is 45.2 Å². The van der Waals surface area contributed by atoms with Crippen LogP contribution in [0.15, 0.2) is 29.2 Å². The Balaban J connectivity index is 2.51. The molecule has 0 aliphatic carbocycles. The van der Waals surface area contributed by atoms with Crippen molar-refractivity contribution in [3.63, 3.8) is 0 Å². The topological polar surface area (TPSA) is 109 Å². The third kappa shape index (κ3) is 5.82. The van der Waals surface area contributed by atoms with Gasteiger partial charge in [-0.15, -0.1) is 0 Å². The van der Waals surface area contributed by atoms with Crippen LogP contribution in [-0.4, -0.2) is 31.6 Å². The first-order valence-electron chi connectivity index (χ1n) is 6.80. The molecule has 0 aliphatic rings. The number of carbonyl (C=O) groups is 1. The molecule has 0 heterocycles. The van der Waals surface area contributed by atoms with Crippen LogP contribution in [0.25, 0.3) is 0 Å². The van der Waals surface area contributed by atoms with Crippen molar-refractivity contribution in [2.75, 3.05) is 0 Å². The first-order valence-corrected chi connectivity index (χ1v) is 8.28. The highest BCUT2D eigenvalue weighted by Crippen LogP contribution is 2.12. The lowest BCUT2D eigenvalue weighted by Crippen LogP contribution is -2.34. The summed E-state index contributed by atoms with van der Waals surface area (Å²) in [6.07, 6.45) is 1.41. The Kier molecular flexibility index (Phi) is 6.32. The van der Waals surface area contributed by atoms with E-state index >= 15 is 0 Å². The molecule has 7 heteroatoms. The maximum absolute atomic E-state index is 12.1. The lowest BCUT2D eigenvalue weighted by Gasteiger charge is -2.15. The molecule has 0 bridgehead atoms. The summed E-state index contributed by atoms with van der Waals surface area (Å²) in [5.41, 5.74) is 6.39. The number of aryl methyl sites for hydroxylation is 1. The number of nitrogens with two attached hydrogens (primary N) is 1. The zero-order valence-electron chi connectivity index (χ0n) is 12.2. The van der Waals surface area contributed by atoms with Crippen LogP contribution >= 0.6 is 0 Å². The van der Waals surface area contributed by atoms with E-state index in [1.165, 1.54) is 0 Å². The van der Waals surface area contributed by atoms with Gasteiger partial charge in [0, 0.05) is 6.04 Å². The van der Waals surface area contributed by atoms with Crippen LogP contribution in [-0.2, 0) is 14.8 Å².